The molecule has 0 saturated carbocycles. The normalized spacial score (nSPS) is 10.7. The van der Waals surface area contributed by atoms with Gasteiger partial charge < -0.3 is 10.1 Å². The molecule has 26 heavy (non-hydrogen) atoms. The van der Waals surface area contributed by atoms with Gasteiger partial charge in [-0.15, -0.1) is 0 Å². The van der Waals surface area contributed by atoms with Gasteiger partial charge in [0.25, 0.3) is 11.1 Å². The van der Waals surface area contributed by atoms with Gasteiger partial charge in [-0.25, -0.2) is 4.68 Å². The molecule has 2 N–H and O–H groups in total. The zero-order chi connectivity index (χ0) is 18.5. The molecule has 0 bridgehead atoms. The van der Waals surface area contributed by atoms with Gasteiger partial charge in [0.1, 0.15) is 5.75 Å². The van der Waals surface area contributed by atoms with Gasteiger partial charge in [0.05, 0.1) is 23.9 Å². The fraction of sp³-hybridized carbons (Fsp3) is 0.211. The first-order chi connectivity index (χ1) is 12.6. The maximum atomic E-state index is 12.4. The molecular weight excluding hydrogens is 334 g/mol. The Morgan fingerprint density at radius 3 is 2.46 bits per heavy atom. The lowest BCUT2D eigenvalue weighted by molar-refractivity contribution is -0.116. The summed E-state index contributed by atoms with van der Waals surface area (Å²) in [6.07, 6.45) is 0.0569. The van der Waals surface area contributed by atoms with Gasteiger partial charge in [-0.05, 0) is 43.3 Å². The topological polar surface area (TPSA) is 93.2 Å². The predicted molar refractivity (Wildman–Crippen MR) is 99.7 cm³/mol. The molecule has 3 rings (SSSR count). The molecule has 0 atom stereocenters. The van der Waals surface area contributed by atoms with Crippen molar-refractivity contribution in [3.8, 4) is 5.75 Å². The molecule has 1 amide bonds. The third-order valence-corrected chi connectivity index (χ3v) is 3.90. The van der Waals surface area contributed by atoms with Crippen LogP contribution in [0.3, 0.4) is 0 Å². The van der Waals surface area contributed by atoms with Crippen LogP contribution in [0.25, 0.3) is 10.8 Å². The van der Waals surface area contributed by atoms with Gasteiger partial charge >= 0.3 is 0 Å². The zero-order valence-corrected chi connectivity index (χ0v) is 14.3. The molecule has 7 nitrogen and oxygen atoms in total. The van der Waals surface area contributed by atoms with Crippen molar-refractivity contribution in [2.24, 2.45) is 0 Å². The van der Waals surface area contributed by atoms with E-state index in [0.717, 1.165) is 5.75 Å². The molecule has 0 radical (unpaired) electrons. The monoisotopic (exact) mass is 353 g/mol. The van der Waals surface area contributed by atoms with Crippen molar-refractivity contribution in [3.63, 3.8) is 0 Å². The number of ether oxygens (including phenoxy) is 1. The third kappa shape index (κ3) is 3.83. The summed E-state index contributed by atoms with van der Waals surface area (Å²) in [4.78, 5) is 36.5. The van der Waals surface area contributed by atoms with Crippen LogP contribution in [-0.2, 0) is 11.3 Å². The van der Waals surface area contributed by atoms with Gasteiger partial charge in [-0.2, -0.15) is 0 Å². The van der Waals surface area contributed by atoms with Crippen LogP contribution in [0.5, 0.6) is 5.75 Å². The van der Waals surface area contributed by atoms with Gasteiger partial charge in [0.2, 0.25) is 5.91 Å². The molecule has 1 heterocycles. The number of rotatable bonds is 6. The summed E-state index contributed by atoms with van der Waals surface area (Å²) in [5.74, 6) is 0.473. The van der Waals surface area contributed by atoms with Crippen LogP contribution in [0.2, 0.25) is 0 Å². The molecular formula is C19H19N3O4. The molecule has 3 aromatic rings. The van der Waals surface area contributed by atoms with Gasteiger partial charge in [-0.3, -0.25) is 19.5 Å². The Bertz CT molecular complexity index is 1040. The first kappa shape index (κ1) is 17.5. The summed E-state index contributed by atoms with van der Waals surface area (Å²) in [5, 5.41) is 5.94. The van der Waals surface area contributed by atoms with E-state index in [4.69, 9.17) is 4.74 Å². The maximum absolute atomic E-state index is 12.4. The van der Waals surface area contributed by atoms with Crippen LogP contribution in [0.4, 0.5) is 5.69 Å². The standard InChI is InChI=1S/C19H19N3O4/c1-2-26-14-9-7-13(8-10-14)20-17(23)11-12-22-19(25)16-6-4-3-5-15(16)18(24)21-22/h3-10H,2,11-12H2,1H3,(H,20,23)(H,21,24). The number of carbonyl (C=O) groups excluding carboxylic acids is 1. The molecule has 7 heteroatoms. The van der Waals surface area contributed by atoms with Crippen molar-refractivity contribution in [2.75, 3.05) is 11.9 Å². The van der Waals surface area contributed by atoms with Gasteiger partial charge in [0, 0.05) is 12.1 Å². The zero-order valence-electron chi connectivity index (χ0n) is 14.3. The van der Waals surface area contributed by atoms with Crippen LogP contribution in [0.1, 0.15) is 13.3 Å². The summed E-state index contributed by atoms with van der Waals surface area (Å²) in [6.45, 7) is 2.56. The molecule has 0 fully saturated rings. The highest BCUT2D eigenvalue weighted by atomic mass is 16.5. The highest BCUT2D eigenvalue weighted by Crippen LogP contribution is 2.15. The van der Waals surface area contributed by atoms with Crippen molar-refractivity contribution in [1.82, 2.24) is 9.78 Å². The van der Waals surface area contributed by atoms with Crippen molar-refractivity contribution in [1.29, 1.82) is 0 Å². The van der Waals surface area contributed by atoms with Crippen LogP contribution in [-0.4, -0.2) is 22.3 Å². The second-order valence-electron chi connectivity index (χ2n) is 5.70. The Hall–Kier alpha value is -3.35. The summed E-state index contributed by atoms with van der Waals surface area (Å²) in [5.41, 5.74) is -0.0426. The second kappa shape index (κ2) is 7.69. The quantitative estimate of drug-likeness (QED) is 0.710. The van der Waals surface area contributed by atoms with E-state index in [0.29, 0.717) is 23.1 Å². The van der Waals surface area contributed by atoms with E-state index in [9.17, 15) is 14.4 Å². The molecule has 2 aromatic carbocycles. The second-order valence-corrected chi connectivity index (χ2v) is 5.70. The van der Waals surface area contributed by atoms with E-state index < -0.39 is 0 Å². The number of benzene rings is 2. The average Bonchev–Trinajstić information content (AvgIpc) is 2.65. The van der Waals surface area contributed by atoms with Crippen molar-refractivity contribution >= 4 is 22.4 Å². The number of hydrogen-bond acceptors (Lipinski definition) is 4. The van der Waals surface area contributed by atoms with Crippen LogP contribution >= 0.6 is 0 Å². The summed E-state index contributed by atoms with van der Waals surface area (Å²) in [6, 6.07) is 13.6. The maximum Gasteiger partial charge on any atom is 0.273 e. The SMILES string of the molecule is CCOc1ccc(NC(=O)CCn2[nH]c(=O)c3ccccc3c2=O)cc1. The Morgan fingerprint density at radius 1 is 1.08 bits per heavy atom. The molecule has 0 aliphatic carbocycles. The number of nitrogens with zero attached hydrogens (tertiary/aromatic N) is 1. The summed E-state index contributed by atoms with van der Waals surface area (Å²) < 4.78 is 6.52. The molecule has 0 spiro atoms. The number of hydrogen-bond donors (Lipinski definition) is 2. The van der Waals surface area contributed by atoms with Crippen molar-refractivity contribution in [3.05, 3.63) is 69.2 Å². The van der Waals surface area contributed by atoms with E-state index in [-0.39, 0.29) is 30.0 Å². The lowest BCUT2D eigenvalue weighted by Gasteiger charge is -2.09. The molecule has 1 aromatic heterocycles. The largest absolute Gasteiger partial charge is 0.494 e. The average molecular weight is 353 g/mol. The molecule has 0 saturated heterocycles. The van der Waals surface area contributed by atoms with E-state index in [1.165, 1.54) is 4.68 Å². The Kier molecular flexibility index (Phi) is 5.17. The Labute approximate surface area is 149 Å². The lowest BCUT2D eigenvalue weighted by atomic mass is 10.2. The number of anilines is 1. The number of fused-ring (bicyclic) bond motifs is 1. The lowest BCUT2D eigenvalue weighted by Crippen LogP contribution is -2.31. The highest BCUT2D eigenvalue weighted by Gasteiger charge is 2.09. The van der Waals surface area contributed by atoms with E-state index in [2.05, 4.69) is 10.4 Å². The molecule has 0 unspecified atom stereocenters. The van der Waals surface area contributed by atoms with E-state index in [1.54, 1.807) is 48.5 Å². The van der Waals surface area contributed by atoms with E-state index in [1.807, 2.05) is 6.92 Å². The smallest absolute Gasteiger partial charge is 0.273 e. The number of amides is 1. The first-order valence-corrected chi connectivity index (χ1v) is 8.33. The predicted octanol–water partition coefficient (Wildman–Crippen LogP) is 2.12. The molecule has 0 aliphatic rings. The number of aromatic nitrogens is 2. The summed E-state index contributed by atoms with van der Waals surface area (Å²) >= 11 is 0. The number of H-pyrrole nitrogens is 1. The van der Waals surface area contributed by atoms with Crippen LogP contribution in [0.15, 0.2) is 58.1 Å². The summed E-state index contributed by atoms with van der Waals surface area (Å²) in [7, 11) is 0. The van der Waals surface area contributed by atoms with E-state index >= 15 is 0 Å². The minimum absolute atomic E-state index is 0.0569. The van der Waals surface area contributed by atoms with Gasteiger partial charge in [0.15, 0.2) is 0 Å². The fourth-order valence-corrected chi connectivity index (χ4v) is 2.64. The third-order valence-electron chi connectivity index (χ3n) is 3.90. The van der Waals surface area contributed by atoms with Gasteiger partial charge in [-0.1, -0.05) is 12.1 Å². The van der Waals surface area contributed by atoms with Crippen molar-refractivity contribution < 1.29 is 9.53 Å². The number of carbonyl (C=O) groups is 1. The van der Waals surface area contributed by atoms with Crippen LogP contribution < -0.4 is 21.2 Å². The fourth-order valence-electron chi connectivity index (χ4n) is 2.64. The minimum Gasteiger partial charge on any atom is -0.494 e. The molecule has 0 aliphatic heterocycles. The first-order valence-electron chi connectivity index (χ1n) is 8.33. The molecule has 134 valence electrons. The van der Waals surface area contributed by atoms with Crippen LogP contribution in [0, 0.1) is 0 Å². The minimum atomic E-state index is -0.355. The van der Waals surface area contributed by atoms with Crippen molar-refractivity contribution in [2.45, 2.75) is 19.9 Å². The highest BCUT2D eigenvalue weighted by molar-refractivity contribution is 5.90. The number of nitrogens with one attached hydrogen (secondary N) is 2. The Balaban J connectivity index is 1.68. The Morgan fingerprint density at radius 2 is 1.77 bits per heavy atom. The number of aromatic amines is 1. The number of aryl methyl sites for hydroxylation is 1.